The number of rotatable bonds is 7. The van der Waals surface area contributed by atoms with Gasteiger partial charge in [-0.15, -0.1) is 0 Å². The van der Waals surface area contributed by atoms with Crippen molar-refractivity contribution in [2.24, 2.45) is 0 Å². The lowest BCUT2D eigenvalue weighted by Gasteiger charge is -2.16. The van der Waals surface area contributed by atoms with Gasteiger partial charge in [0, 0.05) is 11.3 Å². The molecule has 6 heteroatoms. The number of methoxy groups -OCH3 is 1. The average molecular weight is 497 g/mol. The molecule has 0 aliphatic rings. The van der Waals surface area contributed by atoms with E-state index in [1.165, 1.54) is 13.2 Å². The minimum Gasteiger partial charge on any atom is -0.493 e. The highest BCUT2D eigenvalue weighted by molar-refractivity contribution is 6.32. The maximum absolute atomic E-state index is 12.7. The Morgan fingerprint density at radius 1 is 1.03 bits per heavy atom. The number of carbonyl (C=O) groups is 1. The van der Waals surface area contributed by atoms with Crippen LogP contribution < -0.4 is 14.8 Å². The molecule has 5 nitrogen and oxygen atoms in total. The molecule has 0 aliphatic carbocycles. The first-order valence-corrected chi connectivity index (χ1v) is 11.8. The van der Waals surface area contributed by atoms with E-state index in [1.807, 2.05) is 50.2 Å². The van der Waals surface area contributed by atoms with Gasteiger partial charge >= 0.3 is 0 Å². The first kappa shape index (κ1) is 24.8. The number of carbonyl (C=O) groups excluding carboxylic acids is 1. The fourth-order valence-corrected chi connectivity index (χ4v) is 4.24. The second-order valence-electron chi connectivity index (χ2n) is 8.34. The van der Waals surface area contributed by atoms with Gasteiger partial charge in [0.1, 0.15) is 18.2 Å². The Hall–Kier alpha value is -4.27. The molecule has 180 valence electrons. The molecule has 0 spiro atoms. The highest BCUT2D eigenvalue weighted by Gasteiger charge is 2.16. The first-order chi connectivity index (χ1) is 17.4. The van der Waals surface area contributed by atoms with Crippen LogP contribution in [0, 0.1) is 25.2 Å². The van der Waals surface area contributed by atoms with Crippen molar-refractivity contribution in [1.82, 2.24) is 0 Å². The zero-order chi connectivity index (χ0) is 25.7. The van der Waals surface area contributed by atoms with Crippen LogP contribution in [0.3, 0.4) is 0 Å². The molecule has 0 aromatic heterocycles. The van der Waals surface area contributed by atoms with Crippen molar-refractivity contribution in [3.63, 3.8) is 0 Å². The molecule has 0 fully saturated rings. The van der Waals surface area contributed by atoms with Gasteiger partial charge < -0.3 is 14.8 Å². The Bertz CT molecular complexity index is 1520. The first-order valence-electron chi connectivity index (χ1n) is 11.4. The topological polar surface area (TPSA) is 71.3 Å². The lowest BCUT2D eigenvalue weighted by Crippen LogP contribution is -2.14. The molecular weight excluding hydrogens is 472 g/mol. The summed E-state index contributed by atoms with van der Waals surface area (Å²) in [6.45, 7) is 4.23. The SMILES string of the molecule is COc1cc(/C=C(\C#N)C(=O)Nc2ccccc2C)cc(Cl)c1OCc1c(C)ccc2ccccc12. The van der Waals surface area contributed by atoms with Gasteiger partial charge in [0.05, 0.1) is 12.1 Å². The van der Waals surface area contributed by atoms with Gasteiger partial charge in [-0.25, -0.2) is 0 Å². The fourth-order valence-electron chi connectivity index (χ4n) is 3.96. The number of benzene rings is 4. The van der Waals surface area contributed by atoms with Gasteiger partial charge in [0.2, 0.25) is 0 Å². The summed E-state index contributed by atoms with van der Waals surface area (Å²) in [6.07, 6.45) is 1.47. The van der Waals surface area contributed by atoms with E-state index in [1.54, 1.807) is 18.2 Å². The van der Waals surface area contributed by atoms with E-state index in [-0.39, 0.29) is 5.57 Å². The zero-order valence-electron chi connectivity index (χ0n) is 20.3. The van der Waals surface area contributed by atoms with Crippen LogP contribution in [0.1, 0.15) is 22.3 Å². The number of ether oxygens (including phenoxy) is 2. The second kappa shape index (κ2) is 11.0. The standard InChI is InChI=1S/C30H25ClN2O3/c1-19-12-13-22-9-5-6-10-24(22)25(19)18-36-29-26(31)15-21(16-28(29)35-3)14-23(17-32)30(34)33-27-11-7-4-8-20(27)2/h4-16H,18H2,1-3H3,(H,33,34)/b23-14+. The summed E-state index contributed by atoms with van der Waals surface area (Å²) < 4.78 is 11.7. The van der Waals surface area contributed by atoms with Crippen molar-refractivity contribution in [2.45, 2.75) is 20.5 Å². The van der Waals surface area contributed by atoms with Crippen molar-refractivity contribution in [3.8, 4) is 17.6 Å². The summed E-state index contributed by atoms with van der Waals surface area (Å²) in [4.78, 5) is 12.7. The fraction of sp³-hybridized carbons (Fsp3) is 0.133. The average Bonchev–Trinajstić information content (AvgIpc) is 2.88. The van der Waals surface area contributed by atoms with Gasteiger partial charge in [0.25, 0.3) is 5.91 Å². The Labute approximate surface area is 215 Å². The van der Waals surface area contributed by atoms with Crippen LogP contribution in [0.25, 0.3) is 16.8 Å². The van der Waals surface area contributed by atoms with E-state index in [4.69, 9.17) is 21.1 Å². The quantitative estimate of drug-likeness (QED) is 0.216. The number of nitrogens with zero attached hydrogens (tertiary/aromatic N) is 1. The van der Waals surface area contributed by atoms with E-state index in [0.29, 0.717) is 34.4 Å². The molecular formula is C30H25ClN2O3. The smallest absolute Gasteiger partial charge is 0.266 e. The molecule has 1 N–H and O–H groups in total. The molecule has 4 aromatic rings. The molecule has 0 saturated heterocycles. The molecule has 1 amide bonds. The molecule has 4 aromatic carbocycles. The van der Waals surface area contributed by atoms with Crippen LogP contribution >= 0.6 is 11.6 Å². The lowest BCUT2D eigenvalue weighted by atomic mass is 10.0. The number of amides is 1. The van der Waals surface area contributed by atoms with E-state index >= 15 is 0 Å². The van der Waals surface area contributed by atoms with Crippen molar-refractivity contribution in [1.29, 1.82) is 5.26 Å². The molecule has 0 radical (unpaired) electrons. The number of halogens is 1. The number of nitriles is 1. The third kappa shape index (κ3) is 5.35. The Morgan fingerprint density at radius 3 is 2.53 bits per heavy atom. The lowest BCUT2D eigenvalue weighted by molar-refractivity contribution is -0.112. The molecule has 0 bridgehead atoms. The van der Waals surface area contributed by atoms with Crippen LogP contribution in [-0.4, -0.2) is 13.0 Å². The van der Waals surface area contributed by atoms with E-state index in [2.05, 4.69) is 29.6 Å². The third-order valence-corrected chi connectivity index (χ3v) is 6.24. The number of fused-ring (bicyclic) bond motifs is 1. The minimum absolute atomic E-state index is 0.0589. The molecule has 0 unspecified atom stereocenters. The Balaban J connectivity index is 1.60. The number of aryl methyl sites for hydroxylation is 2. The van der Waals surface area contributed by atoms with Crippen molar-refractivity contribution >= 4 is 40.0 Å². The largest absolute Gasteiger partial charge is 0.493 e. The highest BCUT2D eigenvalue weighted by atomic mass is 35.5. The Morgan fingerprint density at radius 2 is 1.78 bits per heavy atom. The summed E-state index contributed by atoms with van der Waals surface area (Å²) in [5, 5.41) is 14.9. The molecule has 4 rings (SSSR count). The summed E-state index contributed by atoms with van der Waals surface area (Å²) in [6, 6.07) is 25.0. The maximum atomic E-state index is 12.7. The molecule has 0 heterocycles. The van der Waals surface area contributed by atoms with Crippen molar-refractivity contribution in [3.05, 3.63) is 106 Å². The number of nitrogens with one attached hydrogen (secondary N) is 1. The number of hydrogen-bond donors (Lipinski definition) is 1. The normalized spacial score (nSPS) is 11.1. The van der Waals surface area contributed by atoms with Gasteiger partial charge in [-0.2, -0.15) is 5.26 Å². The molecule has 36 heavy (non-hydrogen) atoms. The van der Waals surface area contributed by atoms with E-state index in [0.717, 1.165) is 27.5 Å². The maximum Gasteiger partial charge on any atom is 0.266 e. The summed E-state index contributed by atoms with van der Waals surface area (Å²) in [7, 11) is 1.52. The Kier molecular flexibility index (Phi) is 7.58. The molecule has 0 aliphatic heterocycles. The van der Waals surface area contributed by atoms with Crippen LogP contribution in [0.4, 0.5) is 5.69 Å². The molecule has 0 atom stereocenters. The number of para-hydroxylation sites is 1. The summed E-state index contributed by atoms with van der Waals surface area (Å²) in [5.74, 6) is 0.295. The number of anilines is 1. The van der Waals surface area contributed by atoms with Gasteiger partial charge in [-0.05, 0) is 65.6 Å². The zero-order valence-corrected chi connectivity index (χ0v) is 21.0. The highest BCUT2D eigenvalue weighted by Crippen LogP contribution is 2.38. The minimum atomic E-state index is -0.506. The second-order valence-corrected chi connectivity index (χ2v) is 8.75. The van der Waals surface area contributed by atoms with Gasteiger partial charge in [0.15, 0.2) is 11.5 Å². The molecule has 0 saturated carbocycles. The van der Waals surface area contributed by atoms with E-state index < -0.39 is 5.91 Å². The summed E-state index contributed by atoms with van der Waals surface area (Å²) >= 11 is 6.58. The van der Waals surface area contributed by atoms with Gasteiger partial charge in [-0.3, -0.25) is 4.79 Å². The summed E-state index contributed by atoms with van der Waals surface area (Å²) in [5.41, 5.74) is 4.21. The third-order valence-electron chi connectivity index (χ3n) is 5.96. The van der Waals surface area contributed by atoms with E-state index in [9.17, 15) is 10.1 Å². The van der Waals surface area contributed by atoms with Crippen LogP contribution in [0.5, 0.6) is 11.5 Å². The monoisotopic (exact) mass is 496 g/mol. The van der Waals surface area contributed by atoms with Crippen molar-refractivity contribution < 1.29 is 14.3 Å². The predicted octanol–water partition coefficient (Wildman–Crippen LogP) is 7.24. The van der Waals surface area contributed by atoms with Crippen LogP contribution in [0.15, 0.2) is 78.4 Å². The number of hydrogen-bond acceptors (Lipinski definition) is 4. The predicted molar refractivity (Wildman–Crippen MR) is 144 cm³/mol. The van der Waals surface area contributed by atoms with Crippen molar-refractivity contribution in [2.75, 3.05) is 12.4 Å². The van der Waals surface area contributed by atoms with Gasteiger partial charge in [-0.1, -0.05) is 66.2 Å². The van der Waals surface area contributed by atoms with Crippen LogP contribution in [-0.2, 0) is 11.4 Å². The van der Waals surface area contributed by atoms with Crippen LogP contribution in [0.2, 0.25) is 5.02 Å².